The van der Waals surface area contributed by atoms with Gasteiger partial charge in [-0.3, -0.25) is 0 Å². The Hall–Kier alpha value is -0.340. The van der Waals surface area contributed by atoms with Crippen molar-refractivity contribution in [2.45, 2.75) is 46.2 Å². The predicted octanol–water partition coefficient (Wildman–Crippen LogP) is 3.96. The number of benzene rings is 1. The van der Waals surface area contributed by atoms with Crippen LogP contribution in [0.4, 0.5) is 0 Å². The molecule has 0 bridgehead atoms. The van der Waals surface area contributed by atoms with E-state index in [1.165, 1.54) is 16.7 Å². The lowest BCUT2D eigenvalue weighted by Crippen LogP contribution is -2.39. The van der Waals surface area contributed by atoms with Crippen molar-refractivity contribution >= 4 is 15.9 Å². The normalized spacial score (nSPS) is 11.8. The van der Waals surface area contributed by atoms with Gasteiger partial charge in [0.2, 0.25) is 0 Å². The zero-order valence-electron chi connectivity index (χ0n) is 10.7. The molecule has 0 fully saturated rings. The molecule has 0 atom stereocenters. The third kappa shape index (κ3) is 3.91. The molecule has 0 heterocycles. The van der Waals surface area contributed by atoms with Gasteiger partial charge >= 0.3 is 0 Å². The van der Waals surface area contributed by atoms with Crippen LogP contribution in [0.2, 0.25) is 0 Å². The van der Waals surface area contributed by atoms with Gasteiger partial charge in [0.15, 0.2) is 0 Å². The Bertz CT molecular complexity index is 324. The molecule has 0 aliphatic heterocycles. The van der Waals surface area contributed by atoms with Gasteiger partial charge in [-0.15, -0.1) is 0 Å². The number of nitrogens with one attached hydrogen (secondary N) is 1. The summed E-state index contributed by atoms with van der Waals surface area (Å²) in [5.41, 5.74) is 4.38. The number of rotatable bonds is 5. The van der Waals surface area contributed by atoms with Crippen LogP contribution in [0.3, 0.4) is 0 Å². The highest BCUT2D eigenvalue weighted by Crippen LogP contribution is 2.16. The molecule has 0 unspecified atom stereocenters. The van der Waals surface area contributed by atoms with E-state index in [2.05, 4.69) is 67.1 Å². The maximum Gasteiger partial charge on any atom is 0.0215 e. The Morgan fingerprint density at radius 1 is 1.19 bits per heavy atom. The van der Waals surface area contributed by atoms with Crippen LogP contribution in [0, 0.1) is 13.8 Å². The van der Waals surface area contributed by atoms with Crippen molar-refractivity contribution in [1.82, 2.24) is 5.32 Å². The monoisotopic (exact) mass is 283 g/mol. The highest BCUT2D eigenvalue weighted by molar-refractivity contribution is 9.09. The minimum absolute atomic E-state index is 0.193. The van der Waals surface area contributed by atoms with E-state index in [1.807, 2.05) is 0 Å². The standard InChI is InChI=1S/C14H22BrN/c1-11-6-5-7-12(2)13(11)10-16-14(3,4)8-9-15/h5-7,16H,8-10H2,1-4H3. The Morgan fingerprint density at radius 2 is 1.75 bits per heavy atom. The van der Waals surface area contributed by atoms with E-state index in [-0.39, 0.29) is 5.54 Å². The Morgan fingerprint density at radius 3 is 2.25 bits per heavy atom. The molecule has 1 nitrogen and oxygen atoms in total. The highest BCUT2D eigenvalue weighted by Gasteiger charge is 2.16. The lowest BCUT2D eigenvalue weighted by Gasteiger charge is -2.26. The van der Waals surface area contributed by atoms with Crippen molar-refractivity contribution in [3.8, 4) is 0 Å². The first kappa shape index (κ1) is 13.7. The van der Waals surface area contributed by atoms with Crippen LogP contribution in [-0.4, -0.2) is 10.9 Å². The summed E-state index contributed by atoms with van der Waals surface area (Å²) in [7, 11) is 0. The molecule has 2 heteroatoms. The van der Waals surface area contributed by atoms with Gasteiger partial charge < -0.3 is 5.32 Å². The van der Waals surface area contributed by atoms with E-state index in [0.717, 1.165) is 18.3 Å². The van der Waals surface area contributed by atoms with Gasteiger partial charge in [-0.2, -0.15) is 0 Å². The van der Waals surface area contributed by atoms with Crippen LogP contribution in [0.1, 0.15) is 37.0 Å². The molecule has 0 aliphatic rings. The first-order valence-electron chi connectivity index (χ1n) is 5.82. The van der Waals surface area contributed by atoms with Crippen LogP contribution in [0.25, 0.3) is 0 Å². The second-order valence-electron chi connectivity index (χ2n) is 5.05. The van der Waals surface area contributed by atoms with Crippen LogP contribution in [0.15, 0.2) is 18.2 Å². The van der Waals surface area contributed by atoms with E-state index in [4.69, 9.17) is 0 Å². The number of hydrogen-bond donors (Lipinski definition) is 1. The predicted molar refractivity (Wildman–Crippen MR) is 75.2 cm³/mol. The Kier molecular flexibility index (Phi) is 5.00. The molecule has 90 valence electrons. The van der Waals surface area contributed by atoms with Crippen LogP contribution in [0.5, 0.6) is 0 Å². The molecule has 0 aromatic heterocycles. The summed E-state index contributed by atoms with van der Waals surface area (Å²) in [6, 6.07) is 6.49. The minimum Gasteiger partial charge on any atom is -0.308 e. The van der Waals surface area contributed by atoms with Crippen LogP contribution < -0.4 is 5.32 Å². The molecule has 1 aromatic rings. The summed E-state index contributed by atoms with van der Waals surface area (Å²) < 4.78 is 0. The maximum atomic E-state index is 3.63. The molecule has 1 aromatic carbocycles. The molecule has 0 radical (unpaired) electrons. The van der Waals surface area contributed by atoms with Gasteiger partial charge in [-0.1, -0.05) is 34.1 Å². The molecule has 0 spiro atoms. The molecule has 16 heavy (non-hydrogen) atoms. The molecular formula is C14H22BrN. The molecule has 0 saturated heterocycles. The fourth-order valence-corrected chi connectivity index (χ4v) is 2.77. The molecule has 1 rings (SSSR count). The second-order valence-corrected chi connectivity index (χ2v) is 5.84. The van der Waals surface area contributed by atoms with Crippen molar-refractivity contribution in [2.24, 2.45) is 0 Å². The van der Waals surface area contributed by atoms with Gasteiger partial charge in [0.05, 0.1) is 0 Å². The average Bonchev–Trinajstić information content (AvgIpc) is 2.16. The van der Waals surface area contributed by atoms with E-state index in [1.54, 1.807) is 0 Å². The Balaban J connectivity index is 2.68. The minimum atomic E-state index is 0.193. The summed E-state index contributed by atoms with van der Waals surface area (Å²) in [6.45, 7) is 9.82. The first-order valence-corrected chi connectivity index (χ1v) is 6.94. The van der Waals surface area contributed by atoms with Gasteiger partial charge in [-0.25, -0.2) is 0 Å². The molecule has 0 amide bonds. The van der Waals surface area contributed by atoms with Crippen LogP contribution in [-0.2, 0) is 6.54 Å². The third-order valence-electron chi connectivity index (χ3n) is 3.11. The summed E-state index contributed by atoms with van der Waals surface area (Å²) >= 11 is 3.50. The fraction of sp³-hybridized carbons (Fsp3) is 0.571. The largest absolute Gasteiger partial charge is 0.308 e. The molecule has 1 N–H and O–H groups in total. The lowest BCUT2D eigenvalue weighted by atomic mass is 9.99. The Labute approximate surface area is 108 Å². The van der Waals surface area contributed by atoms with Gasteiger partial charge in [-0.05, 0) is 50.8 Å². The summed E-state index contributed by atoms with van der Waals surface area (Å²) in [6.07, 6.45) is 1.14. The smallest absolute Gasteiger partial charge is 0.0215 e. The van der Waals surface area contributed by atoms with Crippen LogP contribution >= 0.6 is 15.9 Å². The SMILES string of the molecule is Cc1cccc(C)c1CNC(C)(C)CCBr. The molecule has 0 aliphatic carbocycles. The van der Waals surface area contributed by atoms with Crippen molar-refractivity contribution in [3.05, 3.63) is 34.9 Å². The molecular weight excluding hydrogens is 262 g/mol. The second kappa shape index (κ2) is 5.83. The van der Waals surface area contributed by atoms with Crippen molar-refractivity contribution in [2.75, 3.05) is 5.33 Å². The summed E-state index contributed by atoms with van der Waals surface area (Å²) in [5.74, 6) is 0. The van der Waals surface area contributed by atoms with Gasteiger partial charge in [0.25, 0.3) is 0 Å². The zero-order valence-corrected chi connectivity index (χ0v) is 12.3. The molecule has 0 saturated carbocycles. The fourth-order valence-electron chi connectivity index (χ4n) is 1.78. The zero-order chi connectivity index (χ0) is 12.2. The van der Waals surface area contributed by atoms with Crippen molar-refractivity contribution < 1.29 is 0 Å². The first-order chi connectivity index (χ1) is 7.46. The lowest BCUT2D eigenvalue weighted by molar-refractivity contribution is 0.377. The average molecular weight is 284 g/mol. The van der Waals surface area contributed by atoms with E-state index in [0.29, 0.717) is 0 Å². The van der Waals surface area contributed by atoms with E-state index < -0.39 is 0 Å². The number of halogens is 1. The number of hydrogen-bond acceptors (Lipinski definition) is 1. The maximum absolute atomic E-state index is 3.63. The highest BCUT2D eigenvalue weighted by atomic mass is 79.9. The van der Waals surface area contributed by atoms with Crippen molar-refractivity contribution in [1.29, 1.82) is 0 Å². The van der Waals surface area contributed by atoms with Gasteiger partial charge in [0.1, 0.15) is 0 Å². The van der Waals surface area contributed by atoms with E-state index >= 15 is 0 Å². The van der Waals surface area contributed by atoms with Gasteiger partial charge in [0, 0.05) is 17.4 Å². The van der Waals surface area contributed by atoms with Crippen molar-refractivity contribution in [3.63, 3.8) is 0 Å². The van der Waals surface area contributed by atoms with E-state index in [9.17, 15) is 0 Å². The summed E-state index contributed by atoms with van der Waals surface area (Å²) in [5, 5.41) is 4.67. The third-order valence-corrected chi connectivity index (χ3v) is 3.50. The topological polar surface area (TPSA) is 12.0 Å². The number of alkyl halides is 1. The number of aryl methyl sites for hydroxylation is 2. The summed E-state index contributed by atoms with van der Waals surface area (Å²) in [4.78, 5) is 0. The quantitative estimate of drug-likeness (QED) is 0.807.